The van der Waals surface area contributed by atoms with Crippen LogP contribution in [0.3, 0.4) is 0 Å². The van der Waals surface area contributed by atoms with E-state index >= 15 is 0 Å². The molecule has 1 saturated heterocycles. The number of aryl methyl sites for hydroxylation is 1. The Kier molecular flexibility index (Phi) is 7.39. The number of anilines is 2. The molecule has 3 heterocycles. The van der Waals surface area contributed by atoms with Crippen LogP contribution < -0.4 is 15.0 Å². The van der Waals surface area contributed by atoms with Gasteiger partial charge in [-0.1, -0.05) is 12.1 Å². The maximum Gasteiger partial charge on any atom is 0.573 e. The van der Waals surface area contributed by atoms with Crippen molar-refractivity contribution in [2.75, 3.05) is 37.4 Å². The Balaban J connectivity index is 1.40. The zero-order valence-corrected chi connectivity index (χ0v) is 20.2. The molecule has 1 aliphatic rings. The highest BCUT2D eigenvalue weighted by Crippen LogP contribution is 2.25. The van der Waals surface area contributed by atoms with Crippen molar-refractivity contribution in [1.82, 2.24) is 19.9 Å². The van der Waals surface area contributed by atoms with Gasteiger partial charge in [-0.2, -0.15) is 4.98 Å². The van der Waals surface area contributed by atoms with Gasteiger partial charge in [-0.15, -0.1) is 13.2 Å². The maximum absolute atomic E-state index is 12.4. The van der Waals surface area contributed by atoms with Gasteiger partial charge >= 0.3 is 6.36 Å². The number of piperidine rings is 1. The lowest BCUT2D eigenvalue weighted by atomic mass is 10.0. The number of nitrogens with one attached hydrogen (secondary N) is 1. The van der Waals surface area contributed by atoms with Crippen molar-refractivity contribution >= 4 is 34.7 Å². The summed E-state index contributed by atoms with van der Waals surface area (Å²) in [5, 5.41) is 3.47. The number of nitrogens with zero attached hydrogens (tertiary/aromatic N) is 5. The topological polar surface area (TPSA) is 83.5 Å². The van der Waals surface area contributed by atoms with Gasteiger partial charge in [0.05, 0.1) is 17.6 Å². The molecular weight excluding hydrogens is 473 g/mol. The molecule has 0 spiro atoms. The number of amides is 1. The van der Waals surface area contributed by atoms with Crippen molar-refractivity contribution in [2.45, 2.75) is 32.2 Å². The SMILES string of the molecule is Cc1nc(N2CCC(N(C)C)CC2)nc2ncc(NC(=O)C=Cc3ccc(OC(F)(F)F)cc3)cc12. The summed E-state index contributed by atoms with van der Waals surface area (Å²) in [6.07, 6.45) is 1.65. The molecular formula is C25H27F3N6O2. The van der Waals surface area contributed by atoms with Crippen LogP contribution in [-0.4, -0.2) is 65.3 Å². The standard InChI is InChI=1S/C25H27F3N6O2/c1-16-21-14-18(31-22(35)9-6-17-4-7-20(8-5-17)36-25(26,27)28)15-29-23(21)32-24(30-16)34-12-10-19(11-13-34)33(2)3/h4-9,14-15,19H,10-13H2,1-3H3,(H,31,35). The van der Waals surface area contributed by atoms with Crippen molar-refractivity contribution < 1.29 is 22.7 Å². The summed E-state index contributed by atoms with van der Waals surface area (Å²) in [6.45, 7) is 3.65. The third-order valence-electron chi connectivity index (χ3n) is 6.02. The van der Waals surface area contributed by atoms with Gasteiger partial charge in [0.15, 0.2) is 5.65 Å². The largest absolute Gasteiger partial charge is 0.573 e. The Labute approximate surface area is 206 Å². The number of aromatic nitrogens is 3. The average Bonchev–Trinajstić information content (AvgIpc) is 2.83. The predicted octanol–water partition coefficient (Wildman–Crippen LogP) is 4.41. The van der Waals surface area contributed by atoms with Gasteiger partial charge in [-0.3, -0.25) is 4.79 Å². The first-order valence-electron chi connectivity index (χ1n) is 11.5. The molecule has 0 bridgehead atoms. The van der Waals surface area contributed by atoms with Crippen LogP contribution in [0, 0.1) is 6.92 Å². The van der Waals surface area contributed by atoms with E-state index in [0.717, 1.165) is 37.0 Å². The second kappa shape index (κ2) is 10.5. The number of rotatable bonds is 6. The summed E-state index contributed by atoms with van der Waals surface area (Å²) in [4.78, 5) is 30.5. The van der Waals surface area contributed by atoms with Crippen LogP contribution in [0.1, 0.15) is 24.1 Å². The lowest BCUT2D eigenvalue weighted by Crippen LogP contribution is -2.42. The average molecular weight is 501 g/mol. The molecule has 0 saturated carbocycles. The van der Waals surface area contributed by atoms with E-state index < -0.39 is 12.3 Å². The van der Waals surface area contributed by atoms with Gasteiger partial charge in [0.2, 0.25) is 11.9 Å². The summed E-state index contributed by atoms with van der Waals surface area (Å²) < 4.78 is 40.6. The van der Waals surface area contributed by atoms with Crippen molar-refractivity contribution in [1.29, 1.82) is 0 Å². The first-order chi connectivity index (χ1) is 17.1. The van der Waals surface area contributed by atoms with Crippen LogP contribution in [0.15, 0.2) is 42.6 Å². The zero-order chi connectivity index (χ0) is 25.9. The quantitative estimate of drug-likeness (QED) is 0.502. The first-order valence-corrected chi connectivity index (χ1v) is 11.5. The number of ether oxygens (including phenoxy) is 1. The van der Waals surface area contributed by atoms with E-state index in [4.69, 9.17) is 0 Å². The number of fused-ring (bicyclic) bond motifs is 1. The fourth-order valence-corrected chi connectivity index (χ4v) is 4.07. The summed E-state index contributed by atoms with van der Waals surface area (Å²) in [6, 6.07) is 7.53. The van der Waals surface area contributed by atoms with Crippen LogP contribution in [0.2, 0.25) is 0 Å². The highest BCUT2D eigenvalue weighted by molar-refractivity contribution is 6.02. The number of pyridine rings is 1. The van der Waals surface area contributed by atoms with Crippen LogP contribution in [0.4, 0.5) is 24.8 Å². The molecule has 2 aromatic heterocycles. The minimum absolute atomic E-state index is 0.329. The van der Waals surface area contributed by atoms with E-state index in [9.17, 15) is 18.0 Å². The number of hydrogen-bond acceptors (Lipinski definition) is 7. The predicted molar refractivity (Wildman–Crippen MR) is 132 cm³/mol. The summed E-state index contributed by atoms with van der Waals surface area (Å²) in [5.74, 6) is -0.0769. The summed E-state index contributed by atoms with van der Waals surface area (Å²) in [7, 11) is 4.20. The number of carbonyl (C=O) groups excluding carboxylic acids is 1. The molecule has 0 unspecified atom stereocenters. The van der Waals surface area contributed by atoms with E-state index in [-0.39, 0.29) is 5.75 Å². The summed E-state index contributed by atoms with van der Waals surface area (Å²) >= 11 is 0. The Bertz CT molecular complexity index is 1250. The molecule has 0 atom stereocenters. The zero-order valence-electron chi connectivity index (χ0n) is 20.2. The molecule has 3 aromatic rings. The number of halogens is 3. The van der Waals surface area contributed by atoms with E-state index in [1.807, 2.05) is 6.92 Å². The molecule has 4 rings (SSSR count). The van der Waals surface area contributed by atoms with Gasteiger partial charge in [0.25, 0.3) is 0 Å². The number of hydrogen-bond donors (Lipinski definition) is 1. The van der Waals surface area contributed by atoms with Crippen LogP contribution in [0.25, 0.3) is 17.1 Å². The van der Waals surface area contributed by atoms with Crippen molar-refractivity contribution in [3.05, 3.63) is 53.9 Å². The van der Waals surface area contributed by atoms with Crippen molar-refractivity contribution in [3.8, 4) is 5.75 Å². The van der Waals surface area contributed by atoms with E-state index in [1.54, 1.807) is 6.07 Å². The van der Waals surface area contributed by atoms with Crippen LogP contribution >= 0.6 is 0 Å². The number of alkyl halides is 3. The number of carbonyl (C=O) groups is 1. The molecule has 1 aliphatic heterocycles. The monoisotopic (exact) mass is 500 g/mol. The second-order valence-corrected chi connectivity index (χ2v) is 8.83. The molecule has 190 valence electrons. The molecule has 0 radical (unpaired) electrons. The smallest absolute Gasteiger partial charge is 0.406 e. The normalized spacial score (nSPS) is 15.1. The van der Waals surface area contributed by atoms with E-state index in [1.165, 1.54) is 42.6 Å². The van der Waals surface area contributed by atoms with E-state index in [2.05, 4.69) is 48.9 Å². The Morgan fingerprint density at radius 1 is 1.17 bits per heavy atom. The molecule has 1 aromatic carbocycles. The van der Waals surface area contributed by atoms with Gasteiger partial charge in [-0.05, 0) is 63.7 Å². The van der Waals surface area contributed by atoms with Gasteiger partial charge in [0.1, 0.15) is 5.75 Å². The Morgan fingerprint density at radius 2 is 1.86 bits per heavy atom. The third-order valence-corrected chi connectivity index (χ3v) is 6.02. The van der Waals surface area contributed by atoms with Crippen molar-refractivity contribution in [2.24, 2.45) is 0 Å². The lowest BCUT2D eigenvalue weighted by Gasteiger charge is -2.35. The maximum atomic E-state index is 12.4. The number of benzene rings is 1. The fraction of sp³-hybridized carbons (Fsp3) is 0.360. The highest BCUT2D eigenvalue weighted by Gasteiger charge is 2.31. The Hall–Kier alpha value is -3.73. The van der Waals surface area contributed by atoms with Crippen molar-refractivity contribution in [3.63, 3.8) is 0 Å². The van der Waals surface area contributed by atoms with Gasteiger partial charge in [0, 0.05) is 30.6 Å². The minimum Gasteiger partial charge on any atom is -0.406 e. The summed E-state index contributed by atoms with van der Waals surface area (Å²) in [5.41, 5.74) is 2.35. The molecule has 8 nitrogen and oxygen atoms in total. The van der Waals surface area contributed by atoms with Gasteiger partial charge < -0.3 is 19.9 Å². The molecule has 11 heteroatoms. The molecule has 0 aliphatic carbocycles. The molecule has 36 heavy (non-hydrogen) atoms. The molecule has 1 fully saturated rings. The van der Waals surface area contributed by atoms with Crippen LogP contribution in [-0.2, 0) is 4.79 Å². The fourth-order valence-electron chi connectivity index (χ4n) is 4.07. The molecule has 1 amide bonds. The van der Waals surface area contributed by atoms with E-state index in [0.29, 0.717) is 28.9 Å². The third kappa shape index (κ3) is 6.48. The van der Waals surface area contributed by atoms with Gasteiger partial charge in [-0.25, -0.2) is 9.97 Å². The minimum atomic E-state index is -4.75. The van der Waals surface area contributed by atoms with Crippen LogP contribution in [0.5, 0.6) is 5.75 Å². The first kappa shape index (κ1) is 25.4. The lowest BCUT2D eigenvalue weighted by molar-refractivity contribution is -0.274. The second-order valence-electron chi connectivity index (χ2n) is 8.83. The highest BCUT2D eigenvalue weighted by atomic mass is 19.4. The Morgan fingerprint density at radius 3 is 2.50 bits per heavy atom. The molecule has 1 N–H and O–H groups in total.